The fourth-order valence-corrected chi connectivity index (χ4v) is 1.95. The highest BCUT2D eigenvalue weighted by Gasteiger charge is 2.39. The highest BCUT2D eigenvalue weighted by Crippen LogP contribution is 2.20. The molecule has 6 nitrogen and oxygen atoms in total. The van der Waals surface area contributed by atoms with Gasteiger partial charge in [-0.1, -0.05) is 6.92 Å². The van der Waals surface area contributed by atoms with Crippen molar-refractivity contribution < 1.29 is 19.4 Å². The summed E-state index contributed by atoms with van der Waals surface area (Å²) in [5.41, 5.74) is 0. The first kappa shape index (κ1) is 13.9. The number of carboxylic acid groups (broad SMARTS) is 1. The molecule has 1 aliphatic heterocycles. The Morgan fingerprint density at radius 1 is 1.53 bits per heavy atom. The second-order valence-corrected chi connectivity index (χ2v) is 4.17. The predicted octanol–water partition coefficient (Wildman–Crippen LogP) is -0.313. The van der Waals surface area contributed by atoms with Crippen molar-refractivity contribution in [2.45, 2.75) is 31.9 Å². The van der Waals surface area contributed by atoms with E-state index in [4.69, 9.17) is 9.84 Å². The van der Waals surface area contributed by atoms with Crippen molar-refractivity contribution in [3.8, 4) is 0 Å². The summed E-state index contributed by atoms with van der Waals surface area (Å²) in [4.78, 5) is 24.3. The zero-order chi connectivity index (χ0) is 12.8. The molecule has 17 heavy (non-hydrogen) atoms. The van der Waals surface area contributed by atoms with E-state index in [0.29, 0.717) is 13.0 Å². The molecule has 1 aliphatic rings. The minimum atomic E-state index is -0.964. The van der Waals surface area contributed by atoms with Gasteiger partial charge in [-0.05, 0) is 13.0 Å². The second kappa shape index (κ2) is 6.56. The smallest absolute Gasteiger partial charge is 0.326 e. The van der Waals surface area contributed by atoms with Crippen LogP contribution in [0.15, 0.2) is 0 Å². The zero-order valence-corrected chi connectivity index (χ0v) is 10.3. The number of nitrogens with zero attached hydrogens (tertiary/aromatic N) is 1. The number of rotatable bonds is 6. The Morgan fingerprint density at radius 3 is 2.76 bits per heavy atom. The van der Waals surface area contributed by atoms with Crippen LogP contribution in [0.5, 0.6) is 0 Å². The Labute approximate surface area is 101 Å². The lowest BCUT2D eigenvalue weighted by Crippen LogP contribution is -2.44. The molecule has 0 spiro atoms. The fraction of sp³-hybridized carbons (Fsp3) is 0.818. The third-order valence-corrected chi connectivity index (χ3v) is 2.90. The number of hydrogen-bond donors (Lipinski definition) is 2. The van der Waals surface area contributed by atoms with Crippen LogP contribution in [-0.4, -0.2) is 60.8 Å². The Kier molecular flexibility index (Phi) is 5.37. The van der Waals surface area contributed by atoms with Crippen LogP contribution >= 0.6 is 0 Å². The third kappa shape index (κ3) is 3.67. The van der Waals surface area contributed by atoms with E-state index in [9.17, 15) is 9.59 Å². The number of amides is 1. The van der Waals surface area contributed by atoms with Crippen molar-refractivity contribution >= 4 is 11.9 Å². The van der Waals surface area contributed by atoms with Gasteiger partial charge in [-0.15, -0.1) is 0 Å². The molecule has 1 heterocycles. The van der Waals surface area contributed by atoms with E-state index in [1.165, 1.54) is 12.0 Å². The van der Waals surface area contributed by atoms with Crippen LogP contribution in [0, 0.1) is 0 Å². The Morgan fingerprint density at radius 2 is 2.24 bits per heavy atom. The molecule has 0 aromatic rings. The molecule has 1 rings (SSSR count). The summed E-state index contributed by atoms with van der Waals surface area (Å²) >= 11 is 0. The van der Waals surface area contributed by atoms with Gasteiger partial charge in [0.25, 0.3) is 0 Å². The van der Waals surface area contributed by atoms with Crippen molar-refractivity contribution in [3.05, 3.63) is 0 Å². The number of hydrogen-bond acceptors (Lipinski definition) is 4. The molecule has 0 aromatic heterocycles. The molecule has 0 aliphatic carbocycles. The Bertz CT molecular complexity index is 283. The number of likely N-dealkylation sites (tertiary alicyclic amines) is 1. The van der Waals surface area contributed by atoms with Gasteiger partial charge in [-0.25, -0.2) is 4.79 Å². The molecule has 6 heteroatoms. The minimum Gasteiger partial charge on any atom is -0.480 e. The largest absolute Gasteiger partial charge is 0.480 e. The van der Waals surface area contributed by atoms with Gasteiger partial charge in [0.2, 0.25) is 5.91 Å². The second-order valence-electron chi connectivity index (χ2n) is 4.17. The number of ether oxygens (including phenoxy) is 1. The van der Waals surface area contributed by atoms with Crippen molar-refractivity contribution in [1.82, 2.24) is 10.2 Å². The van der Waals surface area contributed by atoms with Gasteiger partial charge in [-0.2, -0.15) is 0 Å². The summed E-state index contributed by atoms with van der Waals surface area (Å²) in [7, 11) is 1.53. The summed E-state index contributed by atoms with van der Waals surface area (Å²) in [6.45, 7) is 3.31. The molecule has 2 unspecified atom stereocenters. The van der Waals surface area contributed by atoms with Gasteiger partial charge in [0, 0.05) is 20.1 Å². The maximum absolute atomic E-state index is 11.8. The average Bonchev–Trinajstić information content (AvgIpc) is 2.73. The highest BCUT2D eigenvalue weighted by atomic mass is 16.5. The summed E-state index contributed by atoms with van der Waals surface area (Å²) in [6.07, 6.45) is 1.13. The van der Waals surface area contributed by atoms with E-state index >= 15 is 0 Å². The normalized spacial score (nSPS) is 24.0. The van der Waals surface area contributed by atoms with Crippen LogP contribution in [0.4, 0.5) is 0 Å². The molecule has 0 aromatic carbocycles. The van der Waals surface area contributed by atoms with E-state index in [1.807, 2.05) is 6.92 Å². The summed E-state index contributed by atoms with van der Waals surface area (Å²) in [5.74, 6) is -1.14. The summed E-state index contributed by atoms with van der Waals surface area (Å²) in [6, 6.07) is -0.754. The first-order valence-electron chi connectivity index (χ1n) is 5.86. The molecule has 0 bridgehead atoms. The van der Waals surface area contributed by atoms with E-state index in [0.717, 1.165) is 13.0 Å². The molecule has 2 atom stereocenters. The van der Waals surface area contributed by atoms with Gasteiger partial charge in [0.1, 0.15) is 6.04 Å². The Balaban J connectivity index is 2.54. The van der Waals surface area contributed by atoms with E-state index < -0.39 is 12.0 Å². The van der Waals surface area contributed by atoms with Crippen LogP contribution in [0.3, 0.4) is 0 Å². The number of carboxylic acids is 1. The lowest BCUT2D eigenvalue weighted by atomic mass is 10.2. The van der Waals surface area contributed by atoms with E-state index in [-0.39, 0.29) is 18.6 Å². The van der Waals surface area contributed by atoms with Crippen molar-refractivity contribution in [3.63, 3.8) is 0 Å². The van der Waals surface area contributed by atoms with Gasteiger partial charge in [-0.3, -0.25) is 4.79 Å². The fourth-order valence-electron chi connectivity index (χ4n) is 1.95. The maximum atomic E-state index is 11.8. The van der Waals surface area contributed by atoms with Gasteiger partial charge < -0.3 is 20.1 Å². The third-order valence-electron chi connectivity index (χ3n) is 2.90. The molecule has 98 valence electrons. The van der Waals surface area contributed by atoms with E-state index in [1.54, 1.807) is 0 Å². The molecule has 0 saturated carbocycles. The first-order chi connectivity index (χ1) is 8.10. The molecule has 0 radical (unpaired) electrons. The van der Waals surface area contributed by atoms with Gasteiger partial charge in [0.15, 0.2) is 0 Å². The molecular weight excluding hydrogens is 224 g/mol. The Hall–Kier alpha value is -1.14. The van der Waals surface area contributed by atoms with Crippen LogP contribution in [-0.2, 0) is 14.3 Å². The van der Waals surface area contributed by atoms with Crippen LogP contribution in [0.25, 0.3) is 0 Å². The lowest BCUT2D eigenvalue weighted by molar-refractivity contribution is -0.147. The molecular formula is C11H20N2O4. The minimum absolute atomic E-state index is 0.175. The van der Waals surface area contributed by atoms with Crippen LogP contribution in [0.1, 0.15) is 19.8 Å². The monoisotopic (exact) mass is 244 g/mol. The molecule has 2 N–H and O–H groups in total. The first-order valence-corrected chi connectivity index (χ1v) is 5.86. The molecule has 1 amide bonds. The van der Waals surface area contributed by atoms with Crippen molar-refractivity contribution in [2.75, 3.05) is 26.7 Å². The van der Waals surface area contributed by atoms with Gasteiger partial charge in [0.05, 0.1) is 12.6 Å². The molecule has 1 saturated heterocycles. The van der Waals surface area contributed by atoms with Crippen molar-refractivity contribution in [2.24, 2.45) is 0 Å². The number of carbonyl (C=O) groups excluding carboxylic acids is 1. The number of methoxy groups -OCH3 is 1. The zero-order valence-electron chi connectivity index (χ0n) is 10.3. The van der Waals surface area contributed by atoms with Crippen LogP contribution < -0.4 is 5.32 Å². The SMILES string of the molecule is CCCNCC(=O)N1CC(OC)CC1C(=O)O. The quantitative estimate of drug-likeness (QED) is 0.626. The highest BCUT2D eigenvalue weighted by molar-refractivity contribution is 5.85. The van der Waals surface area contributed by atoms with E-state index in [2.05, 4.69) is 5.32 Å². The van der Waals surface area contributed by atoms with Gasteiger partial charge >= 0.3 is 5.97 Å². The summed E-state index contributed by atoms with van der Waals surface area (Å²) in [5, 5.41) is 12.0. The van der Waals surface area contributed by atoms with Crippen LogP contribution in [0.2, 0.25) is 0 Å². The number of aliphatic carboxylic acids is 1. The number of carbonyl (C=O) groups is 2. The maximum Gasteiger partial charge on any atom is 0.326 e. The summed E-state index contributed by atoms with van der Waals surface area (Å²) < 4.78 is 5.12. The lowest BCUT2D eigenvalue weighted by Gasteiger charge is -2.21. The number of nitrogens with one attached hydrogen (secondary N) is 1. The average molecular weight is 244 g/mol. The van der Waals surface area contributed by atoms with Crippen molar-refractivity contribution in [1.29, 1.82) is 0 Å². The molecule has 1 fully saturated rings. The topological polar surface area (TPSA) is 78.9 Å². The predicted molar refractivity (Wildman–Crippen MR) is 61.7 cm³/mol. The standard InChI is InChI=1S/C11H20N2O4/c1-3-4-12-6-10(14)13-7-8(17-2)5-9(13)11(15)16/h8-9,12H,3-7H2,1-2H3,(H,15,16).